The quantitative estimate of drug-likeness (QED) is 0.829. The molecule has 0 aliphatic rings. The van der Waals surface area contributed by atoms with Crippen molar-refractivity contribution in [1.29, 1.82) is 0 Å². The molecule has 2 aromatic rings. The van der Waals surface area contributed by atoms with Crippen molar-refractivity contribution in [2.24, 2.45) is 0 Å². The Balaban J connectivity index is 2.34. The first-order valence-electron chi connectivity index (χ1n) is 4.92. The highest BCUT2D eigenvalue weighted by atomic mass is 16.5. The third kappa shape index (κ3) is 2.25. The van der Waals surface area contributed by atoms with Crippen LogP contribution in [0, 0.1) is 0 Å². The fourth-order valence-corrected chi connectivity index (χ4v) is 1.40. The van der Waals surface area contributed by atoms with Crippen molar-refractivity contribution in [3.05, 3.63) is 36.5 Å². The zero-order valence-electron chi connectivity index (χ0n) is 8.55. The Bertz CT molecular complexity index is 449. The second-order valence-corrected chi connectivity index (χ2v) is 3.49. The lowest BCUT2D eigenvalue weighted by molar-refractivity contribution is 0.123. The highest BCUT2D eigenvalue weighted by Crippen LogP contribution is 2.22. The van der Waals surface area contributed by atoms with Crippen molar-refractivity contribution in [2.75, 3.05) is 6.61 Å². The molecule has 2 rings (SSSR count). The van der Waals surface area contributed by atoms with Gasteiger partial charge in [-0.15, -0.1) is 0 Å². The van der Waals surface area contributed by atoms with Gasteiger partial charge < -0.3 is 9.84 Å². The minimum absolute atomic E-state index is 0.287. The van der Waals surface area contributed by atoms with Gasteiger partial charge in [0.05, 0.1) is 6.10 Å². The van der Waals surface area contributed by atoms with Gasteiger partial charge in [-0.3, -0.25) is 4.98 Å². The van der Waals surface area contributed by atoms with E-state index in [1.54, 1.807) is 13.1 Å². The minimum Gasteiger partial charge on any atom is -0.489 e. The van der Waals surface area contributed by atoms with Crippen LogP contribution in [-0.4, -0.2) is 22.8 Å². The number of para-hydroxylation sites is 1. The first kappa shape index (κ1) is 9.93. The van der Waals surface area contributed by atoms with E-state index in [0.717, 1.165) is 10.9 Å². The molecule has 0 spiro atoms. The van der Waals surface area contributed by atoms with Crippen LogP contribution in [0.1, 0.15) is 6.92 Å². The molecule has 0 saturated carbocycles. The molecule has 0 bridgehead atoms. The molecule has 1 unspecified atom stereocenters. The minimum atomic E-state index is -0.469. The summed E-state index contributed by atoms with van der Waals surface area (Å²) in [5, 5.41) is 10.2. The first-order valence-corrected chi connectivity index (χ1v) is 4.92. The lowest BCUT2D eigenvalue weighted by Crippen LogP contribution is -2.12. The third-order valence-electron chi connectivity index (χ3n) is 2.08. The molecule has 0 radical (unpaired) electrons. The van der Waals surface area contributed by atoms with E-state index in [1.165, 1.54) is 0 Å². The topological polar surface area (TPSA) is 42.4 Å². The number of aromatic nitrogens is 1. The SMILES string of the molecule is CC(O)COc1cccc2cccnc12. The highest BCUT2D eigenvalue weighted by Gasteiger charge is 2.03. The van der Waals surface area contributed by atoms with Crippen molar-refractivity contribution in [3.8, 4) is 5.75 Å². The van der Waals surface area contributed by atoms with Gasteiger partial charge in [0, 0.05) is 11.6 Å². The van der Waals surface area contributed by atoms with Gasteiger partial charge >= 0.3 is 0 Å². The molecule has 0 saturated heterocycles. The highest BCUT2D eigenvalue weighted by molar-refractivity contribution is 5.84. The molecule has 0 aliphatic carbocycles. The predicted octanol–water partition coefficient (Wildman–Crippen LogP) is 1.99. The van der Waals surface area contributed by atoms with Crippen molar-refractivity contribution < 1.29 is 9.84 Å². The molecule has 1 heterocycles. The maximum atomic E-state index is 9.14. The number of aliphatic hydroxyl groups is 1. The van der Waals surface area contributed by atoms with Gasteiger partial charge in [-0.1, -0.05) is 18.2 Å². The lowest BCUT2D eigenvalue weighted by Gasteiger charge is -2.09. The summed E-state index contributed by atoms with van der Waals surface area (Å²) in [4.78, 5) is 4.25. The fraction of sp³-hybridized carbons (Fsp3) is 0.250. The van der Waals surface area contributed by atoms with Crippen LogP contribution < -0.4 is 4.74 Å². The third-order valence-corrected chi connectivity index (χ3v) is 2.08. The van der Waals surface area contributed by atoms with Gasteiger partial charge in [0.25, 0.3) is 0 Å². The fourth-order valence-electron chi connectivity index (χ4n) is 1.40. The van der Waals surface area contributed by atoms with Crippen LogP contribution in [0.3, 0.4) is 0 Å². The van der Waals surface area contributed by atoms with E-state index in [0.29, 0.717) is 5.75 Å². The summed E-state index contributed by atoms with van der Waals surface area (Å²) in [7, 11) is 0. The smallest absolute Gasteiger partial charge is 0.145 e. The largest absolute Gasteiger partial charge is 0.489 e. The second kappa shape index (κ2) is 4.28. The van der Waals surface area contributed by atoms with Crippen LogP contribution in [0.25, 0.3) is 10.9 Å². The summed E-state index contributed by atoms with van der Waals surface area (Å²) in [6.45, 7) is 1.98. The van der Waals surface area contributed by atoms with Gasteiger partial charge in [-0.25, -0.2) is 0 Å². The molecular formula is C12H13NO2. The zero-order valence-corrected chi connectivity index (χ0v) is 8.55. The molecule has 0 aliphatic heterocycles. The molecule has 15 heavy (non-hydrogen) atoms. The summed E-state index contributed by atoms with van der Waals surface area (Å²) in [6.07, 6.45) is 1.27. The Morgan fingerprint density at radius 3 is 2.93 bits per heavy atom. The Morgan fingerprint density at radius 2 is 2.13 bits per heavy atom. The van der Waals surface area contributed by atoms with Crippen molar-refractivity contribution in [3.63, 3.8) is 0 Å². The number of ether oxygens (including phenoxy) is 1. The average Bonchev–Trinajstić information content (AvgIpc) is 2.26. The van der Waals surface area contributed by atoms with Crippen molar-refractivity contribution in [2.45, 2.75) is 13.0 Å². The molecule has 78 valence electrons. The summed E-state index contributed by atoms with van der Waals surface area (Å²) >= 11 is 0. The number of hydrogen-bond donors (Lipinski definition) is 1. The molecular weight excluding hydrogens is 190 g/mol. The standard InChI is InChI=1S/C12H13NO2/c1-9(14)8-15-11-6-2-4-10-5-3-7-13-12(10)11/h2-7,9,14H,8H2,1H3. The van der Waals surface area contributed by atoms with E-state index in [-0.39, 0.29) is 6.61 Å². The summed E-state index contributed by atoms with van der Waals surface area (Å²) in [5.74, 6) is 0.717. The van der Waals surface area contributed by atoms with E-state index in [4.69, 9.17) is 9.84 Å². The maximum Gasteiger partial charge on any atom is 0.145 e. The first-order chi connectivity index (χ1) is 7.27. The van der Waals surface area contributed by atoms with Crippen LogP contribution in [0.15, 0.2) is 36.5 Å². The van der Waals surface area contributed by atoms with E-state index in [1.807, 2.05) is 30.3 Å². The number of benzene rings is 1. The van der Waals surface area contributed by atoms with Crippen LogP contribution >= 0.6 is 0 Å². The second-order valence-electron chi connectivity index (χ2n) is 3.49. The van der Waals surface area contributed by atoms with Crippen LogP contribution in [0.5, 0.6) is 5.75 Å². The Labute approximate surface area is 88.3 Å². The number of rotatable bonds is 3. The summed E-state index contributed by atoms with van der Waals surface area (Å²) in [5.41, 5.74) is 0.834. The van der Waals surface area contributed by atoms with E-state index < -0.39 is 6.10 Å². The summed E-state index contributed by atoms with van der Waals surface area (Å²) < 4.78 is 5.47. The van der Waals surface area contributed by atoms with Crippen molar-refractivity contribution >= 4 is 10.9 Å². The van der Waals surface area contributed by atoms with Crippen LogP contribution in [0.4, 0.5) is 0 Å². The average molecular weight is 203 g/mol. The lowest BCUT2D eigenvalue weighted by atomic mass is 10.2. The van der Waals surface area contributed by atoms with E-state index >= 15 is 0 Å². The van der Waals surface area contributed by atoms with Crippen LogP contribution in [0.2, 0.25) is 0 Å². The molecule has 1 aromatic carbocycles. The molecule has 1 N–H and O–H groups in total. The molecule has 0 fully saturated rings. The maximum absolute atomic E-state index is 9.14. The van der Waals surface area contributed by atoms with E-state index in [2.05, 4.69) is 4.98 Å². The Hall–Kier alpha value is -1.61. The Morgan fingerprint density at radius 1 is 1.33 bits per heavy atom. The van der Waals surface area contributed by atoms with Gasteiger partial charge in [0.1, 0.15) is 17.9 Å². The number of nitrogens with zero attached hydrogens (tertiary/aromatic N) is 1. The van der Waals surface area contributed by atoms with Gasteiger partial charge in [-0.2, -0.15) is 0 Å². The monoisotopic (exact) mass is 203 g/mol. The van der Waals surface area contributed by atoms with E-state index in [9.17, 15) is 0 Å². The zero-order chi connectivity index (χ0) is 10.7. The van der Waals surface area contributed by atoms with Crippen LogP contribution in [-0.2, 0) is 0 Å². The summed E-state index contributed by atoms with van der Waals surface area (Å²) in [6, 6.07) is 9.63. The molecule has 3 heteroatoms. The van der Waals surface area contributed by atoms with Gasteiger partial charge in [0.15, 0.2) is 0 Å². The molecule has 0 amide bonds. The van der Waals surface area contributed by atoms with Gasteiger partial charge in [0.2, 0.25) is 0 Å². The predicted molar refractivity (Wildman–Crippen MR) is 58.9 cm³/mol. The molecule has 1 aromatic heterocycles. The van der Waals surface area contributed by atoms with Gasteiger partial charge in [-0.05, 0) is 19.1 Å². The number of fused-ring (bicyclic) bond motifs is 1. The normalized spacial score (nSPS) is 12.7. The van der Waals surface area contributed by atoms with Crippen molar-refractivity contribution in [1.82, 2.24) is 4.98 Å². The number of hydrogen-bond acceptors (Lipinski definition) is 3. The number of aliphatic hydroxyl groups excluding tert-OH is 1. The Kier molecular flexibility index (Phi) is 2.83. The molecule has 1 atom stereocenters. The number of pyridine rings is 1. The molecule has 3 nitrogen and oxygen atoms in total.